The zero-order valence-corrected chi connectivity index (χ0v) is 16.5. The molecule has 0 heterocycles. The number of halogens is 3. The lowest BCUT2D eigenvalue weighted by Crippen LogP contribution is -2.04. The number of rotatable bonds is 6. The van der Waals surface area contributed by atoms with Gasteiger partial charge < -0.3 is 9.84 Å². The first-order valence-corrected chi connectivity index (χ1v) is 9.34. The van der Waals surface area contributed by atoms with Crippen LogP contribution in [0.1, 0.15) is 23.1 Å². The molecule has 0 saturated heterocycles. The highest BCUT2D eigenvalue weighted by Crippen LogP contribution is 2.35. The summed E-state index contributed by atoms with van der Waals surface area (Å²) in [6.45, 7) is 0. The SMILES string of the molecule is COc1ccc(-c2ccc(-c3cccc(C(F)(F)F)c3)c(C#N)c2)c(CCC(=O)O)c1. The highest BCUT2D eigenvalue weighted by atomic mass is 19.4. The van der Waals surface area contributed by atoms with Crippen molar-refractivity contribution in [3.05, 3.63) is 77.4 Å². The first kappa shape index (κ1) is 21.9. The number of carbonyl (C=O) groups is 1. The van der Waals surface area contributed by atoms with Crippen LogP contribution in [-0.4, -0.2) is 18.2 Å². The van der Waals surface area contributed by atoms with Crippen molar-refractivity contribution in [1.29, 1.82) is 5.26 Å². The van der Waals surface area contributed by atoms with Crippen molar-refractivity contribution < 1.29 is 27.8 Å². The van der Waals surface area contributed by atoms with Crippen molar-refractivity contribution in [1.82, 2.24) is 0 Å². The van der Waals surface area contributed by atoms with E-state index in [0.29, 0.717) is 22.4 Å². The van der Waals surface area contributed by atoms with E-state index in [4.69, 9.17) is 9.84 Å². The number of methoxy groups -OCH3 is 1. The van der Waals surface area contributed by atoms with Crippen molar-refractivity contribution in [2.75, 3.05) is 7.11 Å². The van der Waals surface area contributed by atoms with Crippen LogP contribution in [0.15, 0.2) is 60.7 Å². The Bertz CT molecular complexity index is 1160. The van der Waals surface area contributed by atoms with Crippen molar-refractivity contribution in [3.63, 3.8) is 0 Å². The first-order chi connectivity index (χ1) is 14.7. The molecule has 3 aromatic rings. The Kier molecular flexibility index (Phi) is 6.30. The minimum absolute atomic E-state index is 0.0758. The average Bonchev–Trinajstić information content (AvgIpc) is 2.76. The van der Waals surface area contributed by atoms with Gasteiger partial charge in [0.05, 0.1) is 24.3 Å². The summed E-state index contributed by atoms with van der Waals surface area (Å²) in [5.41, 5.74) is 2.24. The fourth-order valence-electron chi connectivity index (χ4n) is 3.35. The molecule has 31 heavy (non-hydrogen) atoms. The van der Waals surface area contributed by atoms with Gasteiger partial charge in [-0.2, -0.15) is 18.4 Å². The molecular formula is C24H18F3NO3. The topological polar surface area (TPSA) is 70.3 Å². The lowest BCUT2D eigenvalue weighted by molar-refractivity contribution is -0.138. The molecule has 1 N–H and O–H groups in total. The van der Waals surface area contributed by atoms with E-state index >= 15 is 0 Å². The van der Waals surface area contributed by atoms with Crippen LogP contribution < -0.4 is 4.74 Å². The molecule has 0 bridgehead atoms. The zero-order valence-electron chi connectivity index (χ0n) is 16.5. The number of aryl methyl sites for hydroxylation is 1. The van der Waals surface area contributed by atoms with Crippen LogP contribution >= 0.6 is 0 Å². The third kappa shape index (κ3) is 5.04. The Balaban J connectivity index is 2.07. The smallest absolute Gasteiger partial charge is 0.416 e. The third-order valence-electron chi connectivity index (χ3n) is 4.87. The summed E-state index contributed by atoms with van der Waals surface area (Å²) in [4.78, 5) is 11.0. The second-order valence-electron chi connectivity index (χ2n) is 6.87. The van der Waals surface area contributed by atoms with E-state index in [2.05, 4.69) is 6.07 Å². The lowest BCUT2D eigenvalue weighted by Gasteiger charge is -2.14. The molecule has 3 aromatic carbocycles. The molecule has 0 spiro atoms. The van der Waals surface area contributed by atoms with Crippen LogP contribution in [0.4, 0.5) is 13.2 Å². The van der Waals surface area contributed by atoms with Crippen molar-refractivity contribution in [3.8, 4) is 34.1 Å². The second-order valence-corrected chi connectivity index (χ2v) is 6.87. The summed E-state index contributed by atoms with van der Waals surface area (Å²) in [6.07, 6.45) is -4.29. The summed E-state index contributed by atoms with van der Waals surface area (Å²) in [5.74, 6) is -0.364. The number of benzene rings is 3. The Hall–Kier alpha value is -3.79. The molecule has 0 fully saturated rings. The van der Waals surface area contributed by atoms with Crippen LogP contribution in [0.25, 0.3) is 22.3 Å². The third-order valence-corrected chi connectivity index (χ3v) is 4.87. The Labute approximate surface area is 177 Å². The van der Waals surface area contributed by atoms with Gasteiger partial charge in [0.1, 0.15) is 5.75 Å². The maximum absolute atomic E-state index is 13.1. The minimum Gasteiger partial charge on any atom is -0.497 e. The van der Waals surface area contributed by atoms with E-state index in [1.807, 2.05) is 0 Å². The molecule has 0 aliphatic heterocycles. The van der Waals surface area contributed by atoms with Gasteiger partial charge in [0, 0.05) is 6.42 Å². The number of hydrogen-bond acceptors (Lipinski definition) is 3. The fraction of sp³-hybridized carbons (Fsp3) is 0.167. The van der Waals surface area contributed by atoms with Gasteiger partial charge in [-0.3, -0.25) is 4.79 Å². The van der Waals surface area contributed by atoms with Crippen LogP contribution in [0, 0.1) is 11.3 Å². The molecule has 7 heteroatoms. The number of carboxylic acid groups (broad SMARTS) is 1. The first-order valence-electron chi connectivity index (χ1n) is 9.34. The number of hydrogen-bond donors (Lipinski definition) is 1. The summed E-state index contributed by atoms with van der Waals surface area (Å²) in [5, 5.41) is 18.7. The standard InChI is InChI=1S/C24H18F3NO3/c1-31-20-7-9-21(17(13-20)6-10-23(29)30)16-5-8-22(18(11-16)14-28)15-3-2-4-19(12-15)24(25,26)27/h2-5,7-9,11-13H,6,10H2,1H3,(H,29,30). The molecule has 0 atom stereocenters. The van der Waals surface area contributed by atoms with Crippen LogP contribution in [0.5, 0.6) is 5.75 Å². The van der Waals surface area contributed by atoms with Gasteiger partial charge in [-0.25, -0.2) is 0 Å². The Morgan fingerprint density at radius 3 is 2.39 bits per heavy atom. The molecule has 0 aliphatic rings. The van der Waals surface area contributed by atoms with Gasteiger partial charge >= 0.3 is 12.1 Å². The molecule has 0 aliphatic carbocycles. The molecule has 0 aromatic heterocycles. The van der Waals surface area contributed by atoms with E-state index < -0.39 is 17.7 Å². The zero-order chi connectivity index (χ0) is 22.6. The predicted octanol–water partition coefficient (Wildman–Crippen LogP) is 5.94. The number of nitriles is 1. The fourth-order valence-corrected chi connectivity index (χ4v) is 3.35. The number of aliphatic carboxylic acids is 1. The predicted molar refractivity (Wildman–Crippen MR) is 110 cm³/mol. The summed E-state index contributed by atoms with van der Waals surface area (Å²) < 4.78 is 44.4. The number of alkyl halides is 3. The molecule has 158 valence electrons. The number of carboxylic acids is 1. The summed E-state index contributed by atoms with van der Waals surface area (Å²) in [6, 6.07) is 17.0. The maximum Gasteiger partial charge on any atom is 0.416 e. The molecular weight excluding hydrogens is 407 g/mol. The van der Waals surface area contributed by atoms with E-state index in [1.165, 1.54) is 19.2 Å². The Morgan fingerprint density at radius 1 is 1.03 bits per heavy atom. The second kappa shape index (κ2) is 8.92. The molecule has 3 rings (SSSR count). The highest BCUT2D eigenvalue weighted by molar-refractivity contribution is 5.78. The lowest BCUT2D eigenvalue weighted by atomic mass is 9.91. The van der Waals surface area contributed by atoms with Gasteiger partial charge in [0.25, 0.3) is 0 Å². The molecule has 0 radical (unpaired) electrons. The van der Waals surface area contributed by atoms with Crippen molar-refractivity contribution >= 4 is 5.97 Å². The number of nitrogens with zero attached hydrogens (tertiary/aromatic N) is 1. The largest absolute Gasteiger partial charge is 0.497 e. The minimum atomic E-state index is -4.48. The van der Waals surface area contributed by atoms with Crippen LogP contribution in [0.3, 0.4) is 0 Å². The van der Waals surface area contributed by atoms with Gasteiger partial charge in [-0.1, -0.05) is 30.3 Å². The van der Waals surface area contributed by atoms with Gasteiger partial charge in [0.15, 0.2) is 0 Å². The Morgan fingerprint density at radius 2 is 1.74 bits per heavy atom. The van der Waals surface area contributed by atoms with Crippen LogP contribution in [0.2, 0.25) is 0 Å². The van der Waals surface area contributed by atoms with E-state index in [1.54, 1.807) is 36.4 Å². The van der Waals surface area contributed by atoms with Crippen molar-refractivity contribution in [2.45, 2.75) is 19.0 Å². The summed E-state index contributed by atoms with van der Waals surface area (Å²) >= 11 is 0. The summed E-state index contributed by atoms with van der Waals surface area (Å²) in [7, 11) is 1.51. The van der Waals surface area contributed by atoms with Gasteiger partial charge in [-0.15, -0.1) is 0 Å². The molecule has 4 nitrogen and oxygen atoms in total. The molecule has 0 saturated carbocycles. The van der Waals surface area contributed by atoms with Crippen LogP contribution in [-0.2, 0) is 17.4 Å². The maximum atomic E-state index is 13.1. The van der Waals surface area contributed by atoms with Crippen molar-refractivity contribution in [2.24, 2.45) is 0 Å². The van der Waals surface area contributed by atoms with E-state index in [0.717, 1.165) is 23.3 Å². The number of ether oxygens (including phenoxy) is 1. The quantitative estimate of drug-likeness (QED) is 0.531. The molecule has 0 amide bonds. The highest BCUT2D eigenvalue weighted by Gasteiger charge is 2.30. The van der Waals surface area contributed by atoms with E-state index in [9.17, 15) is 23.2 Å². The monoisotopic (exact) mass is 425 g/mol. The molecule has 0 unspecified atom stereocenters. The van der Waals surface area contributed by atoms with E-state index in [-0.39, 0.29) is 18.4 Å². The van der Waals surface area contributed by atoms with Gasteiger partial charge in [0.2, 0.25) is 0 Å². The normalized spacial score (nSPS) is 11.1. The van der Waals surface area contributed by atoms with Gasteiger partial charge in [-0.05, 0) is 64.6 Å². The average molecular weight is 425 g/mol.